The minimum absolute atomic E-state index is 0.0521. The second-order valence-electron chi connectivity index (χ2n) is 6.58. The molecule has 0 spiro atoms. The molecule has 0 saturated carbocycles. The van der Waals surface area contributed by atoms with E-state index in [1.54, 1.807) is 35.3 Å². The van der Waals surface area contributed by atoms with E-state index in [4.69, 9.17) is 4.98 Å². The standard InChI is InChI=1S/C18H22N6OS/c1-3-14-21-15(13-6-10-26-17(13)22-14)20-12-5-4-8-24(11-12)16-18(25)23(2)9-7-19-16/h6-7,9-10,12H,3-5,8,11H2,1-2H3,(H,20,21,22). The molecule has 0 bridgehead atoms. The number of nitrogens with one attached hydrogen (secondary N) is 1. The number of nitrogens with zero attached hydrogens (tertiary/aromatic N) is 5. The lowest BCUT2D eigenvalue weighted by Gasteiger charge is -2.33. The maximum absolute atomic E-state index is 12.4. The van der Waals surface area contributed by atoms with Gasteiger partial charge in [-0.15, -0.1) is 11.3 Å². The molecule has 8 heteroatoms. The van der Waals surface area contributed by atoms with Crippen LogP contribution in [0, 0.1) is 0 Å². The van der Waals surface area contributed by atoms with E-state index in [1.165, 1.54) is 0 Å². The Hall–Kier alpha value is -2.48. The van der Waals surface area contributed by atoms with Gasteiger partial charge >= 0.3 is 0 Å². The van der Waals surface area contributed by atoms with Gasteiger partial charge in [-0.1, -0.05) is 6.92 Å². The summed E-state index contributed by atoms with van der Waals surface area (Å²) in [5.41, 5.74) is -0.0521. The van der Waals surface area contributed by atoms with Crippen LogP contribution in [0.3, 0.4) is 0 Å². The molecule has 4 heterocycles. The van der Waals surface area contributed by atoms with Crippen molar-refractivity contribution in [3.05, 3.63) is 40.0 Å². The number of aryl methyl sites for hydroxylation is 2. The van der Waals surface area contributed by atoms with Gasteiger partial charge in [0, 0.05) is 45.0 Å². The molecule has 0 aromatic carbocycles. The zero-order valence-electron chi connectivity index (χ0n) is 15.0. The molecule has 1 N–H and O–H groups in total. The topological polar surface area (TPSA) is 75.9 Å². The third kappa shape index (κ3) is 3.16. The molecular formula is C18H22N6OS. The lowest BCUT2D eigenvalue weighted by atomic mass is 10.1. The normalized spacial score (nSPS) is 17.6. The van der Waals surface area contributed by atoms with E-state index < -0.39 is 0 Å². The summed E-state index contributed by atoms with van der Waals surface area (Å²) in [6.07, 6.45) is 6.23. The van der Waals surface area contributed by atoms with Crippen LogP contribution in [0.1, 0.15) is 25.6 Å². The summed E-state index contributed by atoms with van der Waals surface area (Å²) in [5.74, 6) is 2.28. The van der Waals surface area contributed by atoms with Crippen molar-refractivity contribution in [2.24, 2.45) is 7.05 Å². The van der Waals surface area contributed by atoms with Crippen molar-refractivity contribution < 1.29 is 0 Å². The van der Waals surface area contributed by atoms with Crippen LogP contribution in [0.2, 0.25) is 0 Å². The Kier molecular flexibility index (Phi) is 4.58. The molecule has 4 rings (SSSR count). The average Bonchev–Trinajstić information content (AvgIpc) is 3.13. The summed E-state index contributed by atoms with van der Waals surface area (Å²) >= 11 is 1.64. The molecular weight excluding hydrogens is 348 g/mol. The lowest BCUT2D eigenvalue weighted by Crippen LogP contribution is -2.45. The van der Waals surface area contributed by atoms with Crippen molar-refractivity contribution in [1.29, 1.82) is 0 Å². The summed E-state index contributed by atoms with van der Waals surface area (Å²) < 4.78 is 1.58. The average molecular weight is 370 g/mol. The van der Waals surface area contributed by atoms with Gasteiger partial charge in [0.05, 0.1) is 5.39 Å². The summed E-state index contributed by atoms with van der Waals surface area (Å²) in [6.45, 7) is 3.66. The Bertz CT molecular complexity index is 981. The van der Waals surface area contributed by atoms with Gasteiger partial charge in [0.2, 0.25) is 0 Å². The number of piperidine rings is 1. The first-order chi connectivity index (χ1) is 12.7. The number of rotatable bonds is 4. The molecule has 7 nitrogen and oxygen atoms in total. The van der Waals surface area contributed by atoms with Gasteiger partial charge in [-0.3, -0.25) is 4.79 Å². The fourth-order valence-electron chi connectivity index (χ4n) is 3.35. The molecule has 0 radical (unpaired) electrons. The minimum Gasteiger partial charge on any atom is -0.365 e. The molecule has 26 heavy (non-hydrogen) atoms. The molecule has 3 aromatic heterocycles. The van der Waals surface area contributed by atoms with Crippen LogP contribution < -0.4 is 15.8 Å². The quantitative estimate of drug-likeness (QED) is 0.760. The van der Waals surface area contributed by atoms with Gasteiger partial charge in [-0.2, -0.15) is 0 Å². The van der Waals surface area contributed by atoms with Gasteiger partial charge in [-0.25, -0.2) is 15.0 Å². The monoisotopic (exact) mass is 370 g/mol. The van der Waals surface area contributed by atoms with E-state index >= 15 is 0 Å². The predicted octanol–water partition coefficient (Wildman–Crippen LogP) is 2.43. The fourth-order valence-corrected chi connectivity index (χ4v) is 4.13. The number of hydrogen-bond donors (Lipinski definition) is 1. The molecule has 1 aliphatic rings. The third-order valence-corrected chi connectivity index (χ3v) is 5.55. The van der Waals surface area contributed by atoms with Gasteiger partial charge in [0.15, 0.2) is 5.82 Å². The van der Waals surface area contributed by atoms with Crippen LogP contribution in [-0.4, -0.2) is 38.7 Å². The zero-order chi connectivity index (χ0) is 18.1. The van der Waals surface area contributed by atoms with E-state index in [0.717, 1.165) is 54.2 Å². The zero-order valence-corrected chi connectivity index (χ0v) is 15.8. The first-order valence-corrected chi connectivity index (χ1v) is 9.81. The number of thiophene rings is 1. The molecule has 1 saturated heterocycles. The molecule has 0 aliphatic carbocycles. The van der Waals surface area contributed by atoms with E-state index in [9.17, 15) is 4.79 Å². The van der Waals surface area contributed by atoms with Crippen molar-refractivity contribution in [3.63, 3.8) is 0 Å². The van der Waals surface area contributed by atoms with E-state index in [1.807, 2.05) is 0 Å². The van der Waals surface area contributed by atoms with Crippen molar-refractivity contribution in [2.45, 2.75) is 32.2 Å². The summed E-state index contributed by atoms with van der Waals surface area (Å²) in [7, 11) is 1.76. The molecule has 0 amide bonds. The molecule has 3 aromatic rings. The highest BCUT2D eigenvalue weighted by atomic mass is 32.1. The largest absolute Gasteiger partial charge is 0.365 e. The van der Waals surface area contributed by atoms with Crippen molar-refractivity contribution in [1.82, 2.24) is 19.5 Å². The van der Waals surface area contributed by atoms with Crippen LogP contribution in [0.5, 0.6) is 0 Å². The Labute approximate surface area is 155 Å². The number of fused-ring (bicyclic) bond motifs is 1. The second-order valence-corrected chi connectivity index (χ2v) is 7.47. The van der Waals surface area contributed by atoms with Crippen LogP contribution >= 0.6 is 11.3 Å². The van der Waals surface area contributed by atoms with Gasteiger partial charge in [0.1, 0.15) is 16.5 Å². The highest BCUT2D eigenvalue weighted by Gasteiger charge is 2.24. The Morgan fingerprint density at radius 2 is 2.27 bits per heavy atom. The minimum atomic E-state index is -0.0521. The van der Waals surface area contributed by atoms with Gasteiger partial charge in [-0.05, 0) is 24.3 Å². The second kappa shape index (κ2) is 7.03. The predicted molar refractivity (Wildman–Crippen MR) is 105 cm³/mol. The SMILES string of the molecule is CCc1nc(NC2CCCN(c3nccn(C)c3=O)C2)c2ccsc2n1. The summed E-state index contributed by atoms with van der Waals surface area (Å²) in [6, 6.07) is 2.29. The maximum atomic E-state index is 12.4. The Balaban J connectivity index is 1.58. The van der Waals surface area contributed by atoms with E-state index in [0.29, 0.717) is 5.82 Å². The van der Waals surface area contributed by atoms with Crippen LogP contribution in [0.4, 0.5) is 11.6 Å². The Morgan fingerprint density at radius 1 is 1.38 bits per heavy atom. The maximum Gasteiger partial charge on any atom is 0.293 e. The highest BCUT2D eigenvalue weighted by Crippen LogP contribution is 2.27. The van der Waals surface area contributed by atoms with Gasteiger partial charge in [0.25, 0.3) is 5.56 Å². The van der Waals surface area contributed by atoms with Gasteiger partial charge < -0.3 is 14.8 Å². The third-order valence-electron chi connectivity index (χ3n) is 4.75. The molecule has 1 unspecified atom stereocenters. The van der Waals surface area contributed by atoms with E-state index in [-0.39, 0.29) is 11.6 Å². The summed E-state index contributed by atoms with van der Waals surface area (Å²) in [4.78, 5) is 29.1. The Morgan fingerprint density at radius 3 is 3.12 bits per heavy atom. The van der Waals surface area contributed by atoms with Crippen LogP contribution in [0.15, 0.2) is 28.6 Å². The van der Waals surface area contributed by atoms with Crippen molar-refractivity contribution in [3.8, 4) is 0 Å². The molecule has 1 atom stereocenters. The molecule has 1 fully saturated rings. The molecule has 1 aliphatic heterocycles. The smallest absolute Gasteiger partial charge is 0.293 e. The highest BCUT2D eigenvalue weighted by molar-refractivity contribution is 7.16. The van der Waals surface area contributed by atoms with Crippen LogP contribution in [0.25, 0.3) is 10.2 Å². The number of aromatic nitrogens is 4. The first-order valence-electron chi connectivity index (χ1n) is 8.93. The summed E-state index contributed by atoms with van der Waals surface area (Å²) in [5, 5.41) is 6.71. The van der Waals surface area contributed by atoms with E-state index in [2.05, 4.69) is 38.6 Å². The van der Waals surface area contributed by atoms with Crippen molar-refractivity contribution >= 4 is 33.2 Å². The van der Waals surface area contributed by atoms with Crippen molar-refractivity contribution in [2.75, 3.05) is 23.3 Å². The lowest BCUT2D eigenvalue weighted by molar-refractivity contribution is 0.523. The first kappa shape index (κ1) is 17.0. The number of hydrogen-bond acceptors (Lipinski definition) is 7. The van der Waals surface area contributed by atoms with Crippen LogP contribution in [-0.2, 0) is 13.5 Å². The number of anilines is 2. The molecule has 136 valence electrons. The fraction of sp³-hybridized carbons (Fsp3) is 0.444.